The van der Waals surface area contributed by atoms with Gasteiger partial charge in [0.15, 0.2) is 10.5 Å². The summed E-state index contributed by atoms with van der Waals surface area (Å²) in [5, 5.41) is 10.1. The van der Waals surface area contributed by atoms with Crippen LogP contribution in [-0.4, -0.2) is 21.6 Å². The smallest absolute Gasteiger partial charge is 0.327 e. The molecule has 0 bridgehead atoms. The Balaban J connectivity index is 2.91. The van der Waals surface area contributed by atoms with Gasteiger partial charge in [0.2, 0.25) is 0 Å². The summed E-state index contributed by atoms with van der Waals surface area (Å²) >= 11 is 1.03. The Morgan fingerprint density at radius 2 is 2.40 bits per heavy atom. The fraction of sp³-hybridized carbons (Fsp3) is 0.333. The van der Waals surface area contributed by atoms with Crippen molar-refractivity contribution in [1.29, 1.82) is 0 Å². The predicted octanol–water partition coefficient (Wildman–Crippen LogP) is 0.659. The summed E-state index contributed by atoms with van der Waals surface area (Å²) in [7, 11) is 0. The van der Waals surface area contributed by atoms with Crippen LogP contribution in [0.15, 0.2) is 11.5 Å². The molecule has 1 aliphatic heterocycles. The monoisotopic (exact) mass is 158 g/mol. The molecule has 0 spiro atoms. The van der Waals surface area contributed by atoms with E-state index in [4.69, 9.17) is 5.11 Å². The molecule has 0 aromatic carbocycles. The molecule has 0 fully saturated rings. The molecular weight excluding hydrogens is 152 g/mol. The summed E-state index contributed by atoms with van der Waals surface area (Å²) in [6, 6.07) is 0. The first kappa shape index (κ1) is 7.34. The molecule has 0 amide bonds. The first-order chi connectivity index (χ1) is 4.57. The third-order valence-corrected chi connectivity index (χ3v) is 2.52. The van der Waals surface area contributed by atoms with Crippen LogP contribution in [0.2, 0.25) is 0 Å². The number of rotatable bonds is 1. The van der Waals surface area contributed by atoms with Crippen LogP contribution in [0.4, 0.5) is 0 Å². The van der Waals surface area contributed by atoms with Gasteiger partial charge < -0.3 is 5.11 Å². The minimum Gasteiger partial charge on any atom is -0.480 e. The number of carbonyl (C=O) groups is 2. The highest BCUT2D eigenvalue weighted by molar-refractivity contribution is 8.05. The normalized spacial score (nSPS) is 31.1. The lowest BCUT2D eigenvalue weighted by Crippen LogP contribution is -2.36. The van der Waals surface area contributed by atoms with Crippen LogP contribution in [0.1, 0.15) is 6.92 Å². The molecule has 0 saturated heterocycles. The highest BCUT2D eigenvalue weighted by Gasteiger charge is 2.42. The third-order valence-electron chi connectivity index (χ3n) is 1.40. The van der Waals surface area contributed by atoms with Crippen LogP contribution in [0.5, 0.6) is 0 Å². The van der Waals surface area contributed by atoms with Gasteiger partial charge in [0.1, 0.15) is 0 Å². The second-order valence-corrected chi connectivity index (χ2v) is 3.45. The van der Waals surface area contributed by atoms with Crippen molar-refractivity contribution >= 4 is 23.5 Å². The fourth-order valence-corrected chi connectivity index (χ4v) is 1.35. The zero-order valence-electron chi connectivity index (χ0n) is 5.33. The Kier molecular flexibility index (Phi) is 1.56. The van der Waals surface area contributed by atoms with Gasteiger partial charge in [0, 0.05) is 0 Å². The van der Waals surface area contributed by atoms with E-state index in [0.29, 0.717) is 0 Å². The third kappa shape index (κ3) is 0.844. The summed E-state index contributed by atoms with van der Waals surface area (Å²) < 4.78 is -1.26. The van der Waals surface area contributed by atoms with Gasteiger partial charge >= 0.3 is 5.97 Å². The molecule has 0 aliphatic carbocycles. The van der Waals surface area contributed by atoms with Crippen LogP contribution in [0, 0.1) is 0 Å². The Morgan fingerprint density at radius 3 is 2.60 bits per heavy atom. The first-order valence-corrected chi connectivity index (χ1v) is 3.57. The maximum Gasteiger partial charge on any atom is 0.327 e. The molecule has 1 heterocycles. The second-order valence-electron chi connectivity index (χ2n) is 2.12. The summed E-state index contributed by atoms with van der Waals surface area (Å²) in [6.45, 7) is 1.41. The zero-order chi connectivity index (χ0) is 7.78. The number of hydrogen-bond acceptors (Lipinski definition) is 3. The SMILES string of the molecule is CC1(C(=O)O)SC=CC1=O. The maximum atomic E-state index is 10.8. The molecule has 1 atom stereocenters. The number of carboxylic acids is 1. The number of thioether (sulfide) groups is 1. The minimum atomic E-state index is -1.26. The molecule has 1 N–H and O–H groups in total. The first-order valence-electron chi connectivity index (χ1n) is 2.69. The van der Waals surface area contributed by atoms with Gasteiger partial charge in [-0.05, 0) is 18.4 Å². The van der Waals surface area contributed by atoms with Crippen LogP contribution in [0.25, 0.3) is 0 Å². The Bertz CT molecular complexity index is 221. The molecule has 0 aromatic heterocycles. The highest BCUT2D eigenvalue weighted by atomic mass is 32.2. The second kappa shape index (κ2) is 2.12. The van der Waals surface area contributed by atoms with Crippen molar-refractivity contribution in [2.24, 2.45) is 0 Å². The van der Waals surface area contributed by atoms with Crippen molar-refractivity contribution in [1.82, 2.24) is 0 Å². The van der Waals surface area contributed by atoms with E-state index in [1.54, 1.807) is 0 Å². The van der Waals surface area contributed by atoms with E-state index in [9.17, 15) is 9.59 Å². The van der Waals surface area contributed by atoms with Crippen molar-refractivity contribution < 1.29 is 14.7 Å². The number of ketones is 1. The molecule has 0 radical (unpaired) electrons. The summed E-state index contributed by atoms with van der Waals surface area (Å²) in [5.41, 5.74) is 0. The van der Waals surface area contributed by atoms with Gasteiger partial charge in [-0.1, -0.05) is 0 Å². The number of carboxylic acid groups (broad SMARTS) is 1. The van der Waals surface area contributed by atoms with Crippen molar-refractivity contribution in [2.75, 3.05) is 0 Å². The van der Waals surface area contributed by atoms with E-state index in [0.717, 1.165) is 11.8 Å². The molecule has 1 unspecified atom stereocenters. The Labute approximate surface area is 62.1 Å². The molecule has 4 heteroatoms. The van der Waals surface area contributed by atoms with Gasteiger partial charge in [0.25, 0.3) is 0 Å². The average Bonchev–Trinajstić information content (AvgIpc) is 2.15. The lowest BCUT2D eigenvalue weighted by molar-refractivity contribution is -0.142. The van der Waals surface area contributed by atoms with Gasteiger partial charge in [-0.25, -0.2) is 0 Å². The van der Waals surface area contributed by atoms with Gasteiger partial charge in [-0.2, -0.15) is 0 Å². The quantitative estimate of drug-likeness (QED) is 0.569. The van der Waals surface area contributed by atoms with Crippen molar-refractivity contribution in [3.8, 4) is 0 Å². The van der Waals surface area contributed by atoms with Crippen molar-refractivity contribution in [3.63, 3.8) is 0 Å². The van der Waals surface area contributed by atoms with E-state index in [1.165, 1.54) is 18.4 Å². The minimum absolute atomic E-state index is 0.343. The van der Waals surface area contributed by atoms with Crippen LogP contribution in [0.3, 0.4) is 0 Å². The predicted molar refractivity (Wildman–Crippen MR) is 37.8 cm³/mol. The van der Waals surface area contributed by atoms with Crippen molar-refractivity contribution in [3.05, 3.63) is 11.5 Å². The topological polar surface area (TPSA) is 54.4 Å². The fourth-order valence-electron chi connectivity index (χ4n) is 0.605. The number of allylic oxidation sites excluding steroid dienone is 1. The molecule has 54 valence electrons. The van der Waals surface area contributed by atoms with E-state index in [2.05, 4.69) is 0 Å². The van der Waals surface area contributed by atoms with E-state index in [1.807, 2.05) is 0 Å². The highest BCUT2D eigenvalue weighted by Crippen LogP contribution is 2.33. The van der Waals surface area contributed by atoms with Crippen molar-refractivity contribution in [2.45, 2.75) is 11.7 Å². The summed E-state index contributed by atoms with van der Waals surface area (Å²) in [4.78, 5) is 21.3. The molecule has 3 nitrogen and oxygen atoms in total. The molecule has 0 aromatic rings. The number of aliphatic carboxylic acids is 1. The van der Waals surface area contributed by atoms with Crippen LogP contribution >= 0.6 is 11.8 Å². The lowest BCUT2D eigenvalue weighted by atomic mass is 10.1. The lowest BCUT2D eigenvalue weighted by Gasteiger charge is -2.13. The average molecular weight is 158 g/mol. The number of hydrogen-bond donors (Lipinski definition) is 1. The molecule has 0 saturated carbocycles. The Morgan fingerprint density at radius 1 is 1.80 bits per heavy atom. The largest absolute Gasteiger partial charge is 0.480 e. The number of carbonyl (C=O) groups excluding carboxylic acids is 1. The van der Waals surface area contributed by atoms with Gasteiger partial charge in [-0.15, -0.1) is 11.8 Å². The van der Waals surface area contributed by atoms with E-state index in [-0.39, 0.29) is 5.78 Å². The molecule has 1 aliphatic rings. The molecule has 1 rings (SSSR count). The summed E-state index contributed by atoms with van der Waals surface area (Å²) in [6.07, 6.45) is 1.29. The van der Waals surface area contributed by atoms with Crippen LogP contribution < -0.4 is 0 Å². The summed E-state index contributed by atoms with van der Waals surface area (Å²) in [5.74, 6) is -1.42. The van der Waals surface area contributed by atoms with Crippen LogP contribution in [-0.2, 0) is 9.59 Å². The molecular formula is C6H6O3S. The maximum absolute atomic E-state index is 10.8. The molecule has 10 heavy (non-hydrogen) atoms. The zero-order valence-corrected chi connectivity index (χ0v) is 6.14. The van der Waals surface area contributed by atoms with E-state index >= 15 is 0 Å². The van der Waals surface area contributed by atoms with Gasteiger partial charge in [-0.3, -0.25) is 9.59 Å². The Hall–Kier alpha value is -0.770. The van der Waals surface area contributed by atoms with E-state index < -0.39 is 10.7 Å². The van der Waals surface area contributed by atoms with Gasteiger partial charge in [0.05, 0.1) is 0 Å². The standard InChI is InChI=1S/C6H6O3S/c1-6(5(8)9)4(7)2-3-10-6/h2-3H,1H3,(H,8,9).